The second-order valence-corrected chi connectivity index (χ2v) is 6.81. The topological polar surface area (TPSA) is 122 Å². The van der Waals surface area contributed by atoms with E-state index in [0.717, 1.165) is 11.6 Å². The summed E-state index contributed by atoms with van der Waals surface area (Å²) in [5, 5.41) is 22.8. The molecule has 9 nitrogen and oxygen atoms in total. The van der Waals surface area contributed by atoms with Gasteiger partial charge in [-0.05, 0) is 25.5 Å². The fraction of sp³-hybridized carbons (Fsp3) is 0.333. The van der Waals surface area contributed by atoms with Crippen LogP contribution in [0.3, 0.4) is 0 Å². The number of anilines is 1. The first-order valence-corrected chi connectivity index (χ1v) is 9.47. The number of carbonyl (C=O) groups is 2. The lowest BCUT2D eigenvalue weighted by atomic mass is 10.1. The predicted molar refractivity (Wildman–Crippen MR) is 111 cm³/mol. The number of nitro groups is 1. The minimum absolute atomic E-state index is 0.0791. The highest BCUT2D eigenvalue weighted by Gasteiger charge is 2.22. The number of aliphatic hydroxyl groups is 1. The lowest BCUT2D eigenvalue weighted by Crippen LogP contribution is -2.39. The summed E-state index contributed by atoms with van der Waals surface area (Å²) in [6.07, 6.45) is 0. The van der Waals surface area contributed by atoms with Crippen LogP contribution >= 0.6 is 0 Å². The molecule has 9 heteroatoms. The molecule has 0 heterocycles. The number of benzene rings is 2. The second kappa shape index (κ2) is 10.9. The summed E-state index contributed by atoms with van der Waals surface area (Å²) < 4.78 is 5.16. The van der Waals surface area contributed by atoms with Crippen LogP contribution in [0.2, 0.25) is 0 Å². The van der Waals surface area contributed by atoms with Gasteiger partial charge in [0.15, 0.2) is 6.61 Å². The lowest BCUT2D eigenvalue weighted by Gasteiger charge is -2.26. The number of hydrogen-bond acceptors (Lipinski definition) is 7. The van der Waals surface area contributed by atoms with Gasteiger partial charge in [-0.3, -0.25) is 14.9 Å². The summed E-state index contributed by atoms with van der Waals surface area (Å²) in [5.41, 5.74) is 0.859. The van der Waals surface area contributed by atoms with Crippen molar-refractivity contribution in [3.8, 4) is 0 Å². The Kier molecular flexibility index (Phi) is 8.30. The summed E-state index contributed by atoms with van der Waals surface area (Å²) in [6, 6.07) is 13.0. The Balaban J connectivity index is 2.11. The van der Waals surface area contributed by atoms with Crippen molar-refractivity contribution >= 4 is 23.3 Å². The molecular formula is C21H25N3O6. The smallest absolute Gasteiger partial charge is 0.341 e. The van der Waals surface area contributed by atoms with Crippen LogP contribution in [-0.4, -0.2) is 52.6 Å². The van der Waals surface area contributed by atoms with E-state index in [-0.39, 0.29) is 42.0 Å². The van der Waals surface area contributed by atoms with Crippen LogP contribution < -0.4 is 5.32 Å². The van der Waals surface area contributed by atoms with E-state index in [4.69, 9.17) is 9.84 Å². The van der Waals surface area contributed by atoms with Gasteiger partial charge in [0, 0.05) is 37.0 Å². The van der Waals surface area contributed by atoms with Crippen LogP contribution in [0.5, 0.6) is 0 Å². The fourth-order valence-electron chi connectivity index (χ4n) is 2.79. The van der Waals surface area contributed by atoms with Crippen molar-refractivity contribution in [2.45, 2.75) is 26.4 Å². The molecule has 0 aliphatic heterocycles. The number of hydrogen-bond donors (Lipinski definition) is 2. The molecule has 0 atom stereocenters. The average Bonchev–Trinajstić information content (AvgIpc) is 2.74. The van der Waals surface area contributed by atoms with Crippen molar-refractivity contribution < 1.29 is 24.4 Å². The molecule has 1 amide bonds. The first-order chi connectivity index (χ1) is 14.3. The molecule has 2 N–H and O–H groups in total. The van der Waals surface area contributed by atoms with Crippen molar-refractivity contribution in [3.05, 3.63) is 69.8 Å². The summed E-state index contributed by atoms with van der Waals surface area (Å²) in [4.78, 5) is 37.2. The highest BCUT2D eigenvalue weighted by Crippen LogP contribution is 2.23. The van der Waals surface area contributed by atoms with Gasteiger partial charge in [0.1, 0.15) is 0 Å². The summed E-state index contributed by atoms with van der Waals surface area (Å²) in [7, 11) is 0. The number of nitrogens with zero attached hydrogens (tertiary/aromatic N) is 2. The molecular weight excluding hydrogens is 390 g/mol. The van der Waals surface area contributed by atoms with Gasteiger partial charge >= 0.3 is 5.97 Å². The number of carbonyl (C=O) groups excluding carboxylic acids is 2. The van der Waals surface area contributed by atoms with E-state index in [1.165, 1.54) is 12.1 Å². The molecule has 0 spiro atoms. The standard InChI is InChI=1S/C21H25N3O6/c1-15(2)23(13-16-6-4-3-5-7-16)20(26)14-30-21(27)18-12-17(24(28)29)8-9-19(18)22-10-11-25/h3-9,12,15,22,25H,10-11,13-14H2,1-2H3. The Bertz CT molecular complexity index is 886. The van der Waals surface area contributed by atoms with Crippen molar-refractivity contribution in [2.75, 3.05) is 25.1 Å². The zero-order valence-corrected chi connectivity index (χ0v) is 16.9. The summed E-state index contributed by atoms with van der Waals surface area (Å²) in [5.74, 6) is -1.24. The monoisotopic (exact) mass is 415 g/mol. The molecule has 0 bridgehead atoms. The molecule has 0 fully saturated rings. The summed E-state index contributed by atoms with van der Waals surface area (Å²) >= 11 is 0. The third-order valence-corrected chi connectivity index (χ3v) is 4.33. The Labute approximate surface area is 174 Å². The van der Waals surface area contributed by atoms with Crippen LogP contribution in [0.15, 0.2) is 48.5 Å². The molecule has 2 aromatic rings. The maximum atomic E-state index is 12.6. The molecule has 160 valence electrons. The third kappa shape index (κ3) is 6.28. The molecule has 0 saturated heterocycles. The third-order valence-electron chi connectivity index (χ3n) is 4.33. The van der Waals surface area contributed by atoms with E-state index in [1.807, 2.05) is 44.2 Å². The molecule has 0 aromatic heterocycles. The number of aliphatic hydroxyl groups excluding tert-OH is 1. The highest BCUT2D eigenvalue weighted by molar-refractivity contribution is 5.97. The normalized spacial score (nSPS) is 10.5. The molecule has 2 rings (SSSR count). The number of nitrogens with one attached hydrogen (secondary N) is 1. The Morgan fingerprint density at radius 1 is 1.20 bits per heavy atom. The largest absolute Gasteiger partial charge is 0.452 e. The SMILES string of the molecule is CC(C)N(Cc1ccccc1)C(=O)COC(=O)c1cc([N+](=O)[O-])ccc1NCCO. The molecule has 0 aliphatic carbocycles. The van der Waals surface area contributed by atoms with Crippen LogP contribution in [0, 0.1) is 10.1 Å². The molecule has 30 heavy (non-hydrogen) atoms. The maximum absolute atomic E-state index is 12.6. The van der Waals surface area contributed by atoms with Gasteiger partial charge in [-0.15, -0.1) is 0 Å². The van der Waals surface area contributed by atoms with Gasteiger partial charge < -0.3 is 20.1 Å². The van der Waals surface area contributed by atoms with Crippen molar-refractivity contribution in [1.82, 2.24) is 4.90 Å². The van der Waals surface area contributed by atoms with Crippen LogP contribution in [-0.2, 0) is 16.1 Å². The van der Waals surface area contributed by atoms with E-state index >= 15 is 0 Å². The van der Waals surface area contributed by atoms with E-state index < -0.39 is 17.5 Å². The zero-order chi connectivity index (χ0) is 22.1. The maximum Gasteiger partial charge on any atom is 0.341 e. The predicted octanol–water partition coefficient (Wildman–Crippen LogP) is 2.59. The zero-order valence-electron chi connectivity index (χ0n) is 16.9. The Morgan fingerprint density at radius 2 is 1.90 bits per heavy atom. The van der Waals surface area contributed by atoms with Crippen LogP contribution in [0.4, 0.5) is 11.4 Å². The minimum Gasteiger partial charge on any atom is -0.452 e. The van der Waals surface area contributed by atoms with Gasteiger partial charge in [0.25, 0.3) is 11.6 Å². The molecule has 0 unspecified atom stereocenters. The van der Waals surface area contributed by atoms with E-state index in [2.05, 4.69) is 5.32 Å². The molecule has 0 saturated carbocycles. The summed E-state index contributed by atoms with van der Waals surface area (Å²) in [6.45, 7) is 3.56. The van der Waals surface area contributed by atoms with Crippen molar-refractivity contribution in [1.29, 1.82) is 0 Å². The second-order valence-electron chi connectivity index (χ2n) is 6.81. The highest BCUT2D eigenvalue weighted by atomic mass is 16.6. The van der Waals surface area contributed by atoms with E-state index in [0.29, 0.717) is 6.54 Å². The minimum atomic E-state index is -0.865. The number of esters is 1. The van der Waals surface area contributed by atoms with Gasteiger partial charge in [-0.2, -0.15) is 0 Å². The van der Waals surface area contributed by atoms with Gasteiger partial charge in [-0.1, -0.05) is 30.3 Å². The van der Waals surface area contributed by atoms with Crippen LogP contribution in [0.1, 0.15) is 29.8 Å². The van der Waals surface area contributed by atoms with Gasteiger partial charge in [-0.25, -0.2) is 4.79 Å². The fourth-order valence-corrected chi connectivity index (χ4v) is 2.79. The number of rotatable bonds is 10. The van der Waals surface area contributed by atoms with Gasteiger partial charge in [0.05, 0.1) is 17.1 Å². The number of ether oxygens (including phenoxy) is 1. The number of non-ortho nitro benzene ring substituents is 1. The van der Waals surface area contributed by atoms with Crippen LogP contribution in [0.25, 0.3) is 0 Å². The van der Waals surface area contributed by atoms with Crippen molar-refractivity contribution in [3.63, 3.8) is 0 Å². The Morgan fingerprint density at radius 3 is 2.50 bits per heavy atom. The first kappa shape index (κ1) is 22.8. The Hall–Kier alpha value is -3.46. The molecule has 2 aromatic carbocycles. The lowest BCUT2D eigenvalue weighted by molar-refractivity contribution is -0.384. The molecule has 0 aliphatic rings. The average molecular weight is 415 g/mol. The van der Waals surface area contributed by atoms with E-state index in [1.54, 1.807) is 4.90 Å². The quantitative estimate of drug-likeness (QED) is 0.347. The van der Waals surface area contributed by atoms with E-state index in [9.17, 15) is 19.7 Å². The van der Waals surface area contributed by atoms with Gasteiger partial charge in [0.2, 0.25) is 0 Å². The van der Waals surface area contributed by atoms with Crippen molar-refractivity contribution in [2.24, 2.45) is 0 Å². The molecule has 0 radical (unpaired) electrons. The number of amides is 1. The number of nitro benzene ring substituents is 1. The first-order valence-electron chi connectivity index (χ1n) is 9.47.